The van der Waals surface area contributed by atoms with E-state index in [1.54, 1.807) is 12.1 Å². The Kier molecular flexibility index (Phi) is 5.53. The summed E-state index contributed by atoms with van der Waals surface area (Å²) in [5.74, 6) is -0.224. The van der Waals surface area contributed by atoms with Crippen LogP contribution < -0.4 is 15.8 Å². The highest BCUT2D eigenvalue weighted by atomic mass is 32.2. The molecule has 0 aliphatic heterocycles. The number of aryl methyl sites for hydroxylation is 1. The van der Waals surface area contributed by atoms with Gasteiger partial charge in [-0.25, -0.2) is 8.42 Å². The predicted molar refractivity (Wildman–Crippen MR) is 106 cm³/mol. The molecule has 0 heterocycles. The van der Waals surface area contributed by atoms with Gasteiger partial charge in [-0.3, -0.25) is 9.52 Å². The average Bonchev–Trinajstić information content (AvgIpc) is 3.12. The number of rotatable bonds is 6. The molecular weight excluding hydrogens is 362 g/mol. The minimum absolute atomic E-state index is 0.106. The van der Waals surface area contributed by atoms with Gasteiger partial charge in [0.05, 0.1) is 10.4 Å². The highest BCUT2D eigenvalue weighted by Gasteiger charge is 2.34. The maximum Gasteiger partial charge on any atom is 0.261 e. The Balaban J connectivity index is 1.72. The van der Waals surface area contributed by atoms with Crippen molar-refractivity contribution in [2.75, 3.05) is 11.3 Å². The van der Waals surface area contributed by atoms with Gasteiger partial charge in [0.2, 0.25) is 0 Å². The number of hydrogen-bond donors (Lipinski definition) is 3. The van der Waals surface area contributed by atoms with E-state index < -0.39 is 10.0 Å². The fourth-order valence-electron chi connectivity index (χ4n) is 3.37. The monoisotopic (exact) mass is 387 g/mol. The number of nitrogens with two attached hydrogens (primary N) is 1. The molecule has 0 spiro atoms. The van der Waals surface area contributed by atoms with Crippen LogP contribution in [0.1, 0.15) is 41.6 Å². The largest absolute Gasteiger partial charge is 0.345 e. The Morgan fingerprint density at radius 2 is 1.63 bits per heavy atom. The number of benzene rings is 2. The standard InChI is InChI=1S/C20H25N3O3S/c1-15-4-8-17(9-5-15)23-27(25,26)18-10-6-16(7-11-18)19(24)22-20(14-21)12-2-3-13-20/h4-11,23H,2-3,12-14,21H2,1H3,(H,22,24). The second kappa shape index (κ2) is 7.70. The molecule has 1 aliphatic rings. The number of hydrogen-bond acceptors (Lipinski definition) is 4. The molecule has 7 heteroatoms. The number of nitrogens with one attached hydrogen (secondary N) is 2. The predicted octanol–water partition coefficient (Wildman–Crippen LogP) is 2.80. The third-order valence-electron chi connectivity index (χ3n) is 5.06. The van der Waals surface area contributed by atoms with Gasteiger partial charge >= 0.3 is 0 Å². The zero-order valence-electron chi connectivity index (χ0n) is 15.4. The van der Waals surface area contributed by atoms with E-state index >= 15 is 0 Å². The lowest BCUT2D eigenvalue weighted by molar-refractivity contribution is 0.0903. The third kappa shape index (κ3) is 4.48. The maximum atomic E-state index is 12.5. The van der Waals surface area contributed by atoms with Crippen molar-refractivity contribution in [3.05, 3.63) is 59.7 Å². The van der Waals surface area contributed by atoms with Crippen LogP contribution in [-0.4, -0.2) is 26.4 Å². The number of carbonyl (C=O) groups is 1. The minimum Gasteiger partial charge on any atom is -0.345 e. The molecule has 0 bridgehead atoms. The Labute approximate surface area is 160 Å². The van der Waals surface area contributed by atoms with Gasteiger partial charge in [0, 0.05) is 17.8 Å². The normalized spacial score (nSPS) is 16.1. The van der Waals surface area contributed by atoms with E-state index in [1.807, 2.05) is 19.1 Å². The smallest absolute Gasteiger partial charge is 0.261 e. The molecular formula is C20H25N3O3S. The van der Waals surface area contributed by atoms with Crippen molar-refractivity contribution in [2.45, 2.75) is 43.0 Å². The molecule has 2 aromatic rings. The highest BCUT2D eigenvalue weighted by molar-refractivity contribution is 7.92. The molecule has 3 rings (SSSR count). The van der Waals surface area contributed by atoms with Gasteiger partial charge in [0.15, 0.2) is 0 Å². The van der Waals surface area contributed by atoms with Crippen LogP contribution in [0.15, 0.2) is 53.4 Å². The first-order valence-electron chi connectivity index (χ1n) is 9.06. The van der Waals surface area contributed by atoms with E-state index in [0.29, 0.717) is 17.8 Å². The summed E-state index contributed by atoms with van der Waals surface area (Å²) >= 11 is 0. The molecule has 0 atom stereocenters. The van der Waals surface area contributed by atoms with Gasteiger partial charge in [0.25, 0.3) is 15.9 Å². The van der Waals surface area contributed by atoms with Gasteiger partial charge in [-0.2, -0.15) is 0 Å². The van der Waals surface area contributed by atoms with Crippen molar-refractivity contribution in [1.29, 1.82) is 0 Å². The van der Waals surface area contributed by atoms with Crippen molar-refractivity contribution in [1.82, 2.24) is 5.32 Å². The second-order valence-electron chi connectivity index (χ2n) is 7.14. The molecule has 1 amide bonds. The van der Waals surface area contributed by atoms with Crippen LogP contribution in [-0.2, 0) is 10.0 Å². The fraction of sp³-hybridized carbons (Fsp3) is 0.350. The van der Waals surface area contributed by atoms with Crippen molar-refractivity contribution in [3.8, 4) is 0 Å². The minimum atomic E-state index is -3.71. The van der Waals surface area contributed by atoms with E-state index in [-0.39, 0.29) is 16.3 Å². The molecule has 0 unspecified atom stereocenters. The molecule has 1 aliphatic carbocycles. The Morgan fingerprint density at radius 3 is 2.19 bits per heavy atom. The van der Waals surface area contributed by atoms with Crippen LogP contribution in [0.4, 0.5) is 5.69 Å². The first-order valence-corrected chi connectivity index (χ1v) is 10.5. The van der Waals surface area contributed by atoms with E-state index in [4.69, 9.17) is 5.73 Å². The maximum absolute atomic E-state index is 12.5. The SMILES string of the molecule is Cc1ccc(NS(=O)(=O)c2ccc(C(=O)NC3(CN)CCCC3)cc2)cc1. The lowest BCUT2D eigenvalue weighted by atomic mass is 9.97. The van der Waals surface area contributed by atoms with Crippen molar-refractivity contribution >= 4 is 21.6 Å². The average molecular weight is 388 g/mol. The van der Waals surface area contributed by atoms with E-state index in [2.05, 4.69) is 10.0 Å². The molecule has 0 radical (unpaired) electrons. The van der Waals surface area contributed by atoms with Crippen molar-refractivity contribution in [3.63, 3.8) is 0 Å². The first-order chi connectivity index (χ1) is 12.8. The quantitative estimate of drug-likeness (QED) is 0.709. The number of anilines is 1. The van der Waals surface area contributed by atoms with Gasteiger partial charge in [-0.05, 0) is 56.2 Å². The summed E-state index contributed by atoms with van der Waals surface area (Å²) in [5.41, 5.74) is 7.48. The molecule has 1 saturated carbocycles. The zero-order valence-corrected chi connectivity index (χ0v) is 16.2. The molecule has 6 nitrogen and oxygen atoms in total. The summed E-state index contributed by atoms with van der Waals surface area (Å²) < 4.78 is 27.6. The van der Waals surface area contributed by atoms with Gasteiger partial charge < -0.3 is 11.1 Å². The number of sulfonamides is 1. The Hall–Kier alpha value is -2.38. The molecule has 27 heavy (non-hydrogen) atoms. The third-order valence-corrected chi connectivity index (χ3v) is 6.46. The summed E-state index contributed by atoms with van der Waals surface area (Å²) in [7, 11) is -3.71. The molecule has 144 valence electrons. The van der Waals surface area contributed by atoms with Crippen LogP contribution in [0.5, 0.6) is 0 Å². The van der Waals surface area contributed by atoms with Crippen LogP contribution in [0.3, 0.4) is 0 Å². The summed E-state index contributed by atoms with van der Waals surface area (Å²) in [6.07, 6.45) is 3.86. The van der Waals surface area contributed by atoms with E-state index in [0.717, 1.165) is 31.2 Å². The summed E-state index contributed by atoms with van der Waals surface area (Å²) in [6.45, 7) is 2.34. The molecule has 1 fully saturated rings. The van der Waals surface area contributed by atoms with Crippen LogP contribution in [0, 0.1) is 6.92 Å². The van der Waals surface area contributed by atoms with E-state index in [1.165, 1.54) is 24.3 Å². The lowest BCUT2D eigenvalue weighted by Gasteiger charge is -2.28. The Morgan fingerprint density at radius 1 is 1.04 bits per heavy atom. The highest BCUT2D eigenvalue weighted by Crippen LogP contribution is 2.29. The topological polar surface area (TPSA) is 101 Å². The Bertz CT molecular complexity index is 900. The molecule has 4 N–H and O–H groups in total. The van der Waals surface area contributed by atoms with Crippen LogP contribution in [0.2, 0.25) is 0 Å². The van der Waals surface area contributed by atoms with Crippen LogP contribution in [0.25, 0.3) is 0 Å². The fourth-order valence-corrected chi connectivity index (χ4v) is 4.42. The summed E-state index contributed by atoms with van der Waals surface area (Å²) in [6, 6.07) is 13.0. The lowest BCUT2D eigenvalue weighted by Crippen LogP contribution is -2.51. The molecule has 0 aromatic heterocycles. The van der Waals surface area contributed by atoms with Crippen molar-refractivity contribution < 1.29 is 13.2 Å². The van der Waals surface area contributed by atoms with Crippen LogP contribution >= 0.6 is 0 Å². The van der Waals surface area contributed by atoms with Gasteiger partial charge in [-0.15, -0.1) is 0 Å². The first kappa shape index (κ1) is 19.4. The van der Waals surface area contributed by atoms with E-state index in [9.17, 15) is 13.2 Å². The number of carbonyl (C=O) groups excluding carboxylic acids is 1. The zero-order chi connectivity index (χ0) is 19.5. The molecule has 0 saturated heterocycles. The van der Waals surface area contributed by atoms with Gasteiger partial charge in [0.1, 0.15) is 0 Å². The summed E-state index contributed by atoms with van der Waals surface area (Å²) in [5, 5.41) is 3.03. The van der Waals surface area contributed by atoms with Gasteiger partial charge in [-0.1, -0.05) is 30.5 Å². The van der Waals surface area contributed by atoms with Crippen molar-refractivity contribution in [2.24, 2.45) is 5.73 Å². The summed E-state index contributed by atoms with van der Waals surface area (Å²) in [4.78, 5) is 12.6. The second-order valence-corrected chi connectivity index (χ2v) is 8.82. The number of amides is 1. The molecule has 2 aromatic carbocycles.